The number of esters is 2. The largest absolute Gasteiger partial charge is 0.459 e. The summed E-state index contributed by atoms with van der Waals surface area (Å²) >= 11 is 3.49. The molecule has 3 atom stereocenters. The summed E-state index contributed by atoms with van der Waals surface area (Å²) < 4.78 is 18.5. The first kappa shape index (κ1) is 23.2. The van der Waals surface area contributed by atoms with Gasteiger partial charge in [-0.2, -0.15) is 0 Å². The molecule has 3 aromatic carbocycles. The minimum atomic E-state index is -0.572. The molecule has 1 saturated heterocycles. The van der Waals surface area contributed by atoms with Crippen LogP contribution in [0.15, 0.2) is 77.3 Å². The SMILES string of the molecule is Cc1ccc(C(=O)OC[C@H]2O[C@H](c3cccc(Br)c3)C[C@@H]2OC(=O)c2ccc(C)cc2)cc1. The van der Waals surface area contributed by atoms with E-state index in [1.807, 2.05) is 62.4 Å². The number of ether oxygens (including phenoxy) is 3. The first-order valence-electron chi connectivity index (χ1n) is 10.8. The Morgan fingerprint density at radius 2 is 1.52 bits per heavy atom. The Morgan fingerprint density at radius 1 is 0.909 bits per heavy atom. The van der Waals surface area contributed by atoms with Gasteiger partial charge in [0.25, 0.3) is 0 Å². The van der Waals surface area contributed by atoms with E-state index in [-0.39, 0.29) is 12.7 Å². The highest BCUT2D eigenvalue weighted by Gasteiger charge is 2.39. The topological polar surface area (TPSA) is 61.8 Å². The Bertz CT molecular complexity index is 1120. The Kier molecular flexibility index (Phi) is 7.26. The van der Waals surface area contributed by atoms with E-state index in [1.54, 1.807) is 24.3 Å². The molecule has 0 amide bonds. The second kappa shape index (κ2) is 10.3. The molecule has 0 bridgehead atoms. The summed E-state index contributed by atoms with van der Waals surface area (Å²) in [5.74, 6) is -0.860. The predicted molar refractivity (Wildman–Crippen MR) is 128 cm³/mol. The molecule has 0 spiro atoms. The molecule has 0 unspecified atom stereocenters. The van der Waals surface area contributed by atoms with Crippen molar-refractivity contribution in [2.75, 3.05) is 6.61 Å². The molecule has 5 nitrogen and oxygen atoms in total. The Labute approximate surface area is 201 Å². The minimum absolute atomic E-state index is 0.0109. The van der Waals surface area contributed by atoms with Crippen LogP contribution >= 0.6 is 15.9 Å². The maximum absolute atomic E-state index is 12.8. The number of carbonyl (C=O) groups excluding carboxylic acids is 2. The van der Waals surface area contributed by atoms with Crippen molar-refractivity contribution in [3.8, 4) is 0 Å². The van der Waals surface area contributed by atoms with Crippen LogP contribution in [0.4, 0.5) is 0 Å². The quantitative estimate of drug-likeness (QED) is 0.383. The molecule has 170 valence electrons. The molecule has 1 aliphatic heterocycles. The van der Waals surface area contributed by atoms with E-state index in [0.717, 1.165) is 21.2 Å². The van der Waals surface area contributed by atoms with E-state index in [4.69, 9.17) is 14.2 Å². The highest BCUT2D eigenvalue weighted by atomic mass is 79.9. The molecule has 1 heterocycles. The maximum atomic E-state index is 12.8. The van der Waals surface area contributed by atoms with Gasteiger partial charge in [0.05, 0.1) is 17.2 Å². The van der Waals surface area contributed by atoms with Crippen molar-refractivity contribution in [3.63, 3.8) is 0 Å². The summed E-state index contributed by atoms with van der Waals surface area (Å²) in [7, 11) is 0. The third kappa shape index (κ3) is 5.89. The summed E-state index contributed by atoms with van der Waals surface area (Å²) in [6, 6.07) is 22.2. The van der Waals surface area contributed by atoms with Gasteiger partial charge in [0.15, 0.2) is 0 Å². The second-order valence-corrected chi connectivity index (χ2v) is 9.14. The van der Waals surface area contributed by atoms with Gasteiger partial charge in [-0.1, -0.05) is 63.5 Å². The van der Waals surface area contributed by atoms with Crippen molar-refractivity contribution < 1.29 is 23.8 Å². The zero-order valence-electron chi connectivity index (χ0n) is 18.5. The van der Waals surface area contributed by atoms with Gasteiger partial charge in [-0.05, 0) is 55.8 Å². The minimum Gasteiger partial charge on any atom is -0.459 e. The summed E-state index contributed by atoms with van der Waals surface area (Å²) in [5, 5.41) is 0. The van der Waals surface area contributed by atoms with Crippen molar-refractivity contribution in [2.45, 2.75) is 38.6 Å². The summed E-state index contributed by atoms with van der Waals surface area (Å²) in [5.41, 5.74) is 4.03. The van der Waals surface area contributed by atoms with Gasteiger partial charge in [0.1, 0.15) is 18.8 Å². The molecular weight excluding hydrogens is 484 g/mol. The number of benzene rings is 3. The zero-order valence-corrected chi connectivity index (χ0v) is 20.1. The molecule has 4 rings (SSSR count). The van der Waals surface area contributed by atoms with Gasteiger partial charge in [-0.3, -0.25) is 0 Å². The Hall–Kier alpha value is -2.96. The Morgan fingerprint density at radius 3 is 2.12 bits per heavy atom. The van der Waals surface area contributed by atoms with E-state index in [9.17, 15) is 9.59 Å². The van der Waals surface area contributed by atoms with Gasteiger partial charge in [-0.25, -0.2) is 9.59 Å². The molecule has 3 aromatic rings. The van der Waals surface area contributed by atoms with Gasteiger partial charge in [-0.15, -0.1) is 0 Å². The Balaban J connectivity index is 1.48. The summed E-state index contributed by atoms with van der Waals surface area (Å²) in [4.78, 5) is 25.3. The molecular formula is C27H25BrO5. The first-order valence-corrected chi connectivity index (χ1v) is 11.6. The maximum Gasteiger partial charge on any atom is 0.338 e. The number of hydrogen-bond donors (Lipinski definition) is 0. The van der Waals surface area contributed by atoms with Gasteiger partial charge in [0, 0.05) is 10.9 Å². The fourth-order valence-corrected chi connectivity index (χ4v) is 4.15. The van der Waals surface area contributed by atoms with E-state index in [1.165, 1.54) is 0 Å². The van der Waals surface area contributed by atoms with Gasteiger partial charge in [0.2, 0.25) is 0 Å². The van der Waals surface area contributed by atoms with Crippen LogP contribution in [0, 0.1) is 13.8 Å². The third-order valence-corrected chi connectivity index (χ3v) is 6.13. The third-order valence-electron chi connectivity index (χ3n) is 5.63. The number of hydrogen-bond acceptors (Lipinski definition) is 5. The lowest BCUT2D eigenvalue weighted by molar-refractivity contribution is -0.0427. The molecule has 1 aliphatic rings. The average molecular weight is 509 g/mol. The standard InChI is InChI=1S/C27H25BrO5/c1-17-6-10-19(11-7-17)26(29)31-16-25-24(33-27(30)20-12-8-18(2)9-13-20)15-23(32-25)21-4-3-5-22(28)14-21/h3-14,23-25H,15-16H2,1-2H3/t23-,24-,25+/m0/s1. The molecule has 0 saturated carbocycles. The monoisotopic (exact) mass is 508 g/mol. The second-order valence-electron chi connectivity index (χ2n) is 8.23. The summed E-state index contributed by atoms with van der Waals surface area (Å²) in [6.07, 6.45) is -0.923. The van der Waals surface area contributed by atoms with Crippen molar-refractivity contribution in [1.82, 2.24) is 0 Å². The average Bonchev–Trinajstić information content (AvgIpc) is 3.21. The van der Waals surface area contributed by atoms with E-state index >= 15 is 0 Å². The lowest BCUT2D eigenvalue weighted by Crippen LogP contribution is -2.32. The van der Waals surface area contributed by atoms with Crippen molar-refractivity contribution >= 4 is 27.9 Å². The van der Waals surface area contributed by atoms with Crippen LogP contribution in [0.5, 0.6) is 0 Å². The van der Waals surface area contributed by atoms with Crippen molar-refractivity contribution in [3.05, 3.63) is 105 Å². The fraction of sp³-hybridized carbons (Fsp3) is 0.259. The number of halogens is 1. The molecule has 33 heavy (non-hydrogen) atoms. The van der Waals surface area contributed by atoms with Crippen LogP contribution in [0.25, 0.3) is 0 Å². The van der Waals surface area contributed by atoms with Crippen LogP contribution < -0.4 is 0 Å². The van der Waals surface area contributed by atoms with E-state index in [2.05, 4.69) is 15.9 Å². The van der Waals surface area contributed by atoms with Crippen LogP contribution in [0.1, 0.15) is 49.9 Å². The van der Waals surface area contributed by atoms with Crippen LogP contribution in [-0.2, 0) is 14.2 Å². The molecule has 0 radical (unpaired) electrons. The fourth-order valence-electron chi connectivity index (χ4n) is 3.74. The van der Waals surface area contributed by atoms with Crippen molar-refractivity contribution in [1.29, 1.82) is 0 Å². The van der Waals surface area contributed by atoms with Gasteiger partial charge >= 0.3 is 11.9 Å². The van der Waals surface area contributed by atoms with Crippen molar-refractivity contribution in [2.24, 2.45) is 0 Å². The lowest BCUT2D eigenvalue weighted by Gasteiger charge is -2.19. The first-order chi connectivity index (χ1) is 15.9. The molecule has 0 N–H and O–H groups in total. The number of carbonyl (C=O) groups is 2. The summed E-state index contributed by atoms with van der Waals surface area (Å²) in [6.45, 7) is 3.90. The molecule has 6 heteroatoms. The number of aryl methyl sites for hydroxylation is 2. The molecule has 0 aromatic heterocycles. The highest BCUT2D eigenvalue weighted by Crippen LogP contribution is 2.36. The predicted octanol–water partition coefficient (Wildman–Crippen LogP) is 5.98. The lowest BCUT2D eigenvalue weighted by atomic mass is 10.0. The van der Waals surface area contributed by atoms with Crippen LogP contribution in [0.3, 0.4) is 0 Å². The highest BCUT2D eigenvalue weighted by molar-refractivity contribution is 9.10. The van der Waals surface area contributed by atoms with E-state index < -0.39 is 24.1 Å². The molecule has 0 aliphatic carbocycles. The van der Waals surface area contributed by atoms with Gasteiger partial charge < -0.3 is 14.2 Å². The van der Waals surface area contributed by atoms with Crippen LogP contribution in [0.2, 0.25) is 0 Å². The van der Waals surface area contributed by atoms with Crippen LogP contribution in [-0.4, -0.2) is 30.8 Å². The van der Waals surface area contributed by atoms with E-state index in [0.29, 0.717) is 17.5 Å². The smallest absolute Gasteiger partial charge is 0.338 e. The number of rotatable bonds is 6. The normalized spacial score (nSPS) is 19.8. The zero-order chi connectivity index (χ0) is 23.4. The molecule has 1 fully saturated rings.